The summed E-state index contributed by atoms with van der Waals surface area (Å²) in [5, 5.41) is 0. The fourth-order valence-corrected chi connectivity index (χ4v) is 4.72. The molecule has 1 atom stereocenters. The minimum Gasteiger partial charge on any atom is -0.489 e. The number of fused-ring (bicyclic) bond motifs is 1. The number of amides is 1. The topological polar surface area (TPSA) is 95.4 Å². The molecule has 0 unspecified atom stereocenters. The first-order chi connectivity index (χ1) is 17.5. The van der Waals surface area contributed by atoms with Crippen molar-refractivity contribution in [2.75, 3.05) is 18.8 Å². The summed E-state index contributed by atoms with van der Waals surface area (Å²) in [5.74, 6) is 0.412. The molecule has 1 aliphatic heterocycles. The van der Waals surface area contributed by atoms with Gasteiger partial charge in [-0.25, -0.2) is 14.2 Å². The van der Waals surface area contributed by atoms with Gasteiger partial charge in [-0.2, -0.15) is 0 Å². The lowest BCUT2D eigenvalue weighted by atomic mass is 10.1. The Balaban J connectivity index is 1.48. The number of nitrogens with two attached hydrogens (primary N) is 1. The van der Waals surface area contributed by atoms with Crippen LogP contribution in [0.2, 0.25) is 0 Å². The number of anilines is 1. The number of hydrogen-bond acceptors (Lipinski definition) is 5. The van der Waals surface area contributed by atoms with Crippen LogP contribution in [0.1, 0.15) is 24.4 Å². The average Bonchev–Trinajstić information content (AvgIpc) is 3.21. The highest BCUT2D eigenvalue weighted by molar-refractivity contribution is 5.88. The van der Waals surface area contributed by atoms with E-state index in [1.54, 1.807) is 62.7 Å². The van der Waals surface area contributed by atoms with Gasteiger partial charge in [-0.15, -0.1) is 0 Å². The molecule has 1 aliphatic rings. The maximum Gasteiger partial charge on any atom is 0.334 e. The van der Waals surface area contributed by atoms with Gasteiger partial charge in [0.2, 0.25) is 5.91 Å². The quantitative estimate of drug-likeness (QED) is 0.417. The van der Waals surface area contributed by atoms with E-state index in [0.717, 1.165) is 18.4 Å². The number of nitrogen functional groups attached to an aromatic ring is 1. The Morgan fingerprint density at radius 2 is 1.92 bits per heavy atom. The number of carbonyl (C=O) groups excluding carboxylic acids is 1. The lowest BCUT2D eigenvalue weighted by Crippen LogP contribution is -2.42. The number of ether oxygens (including phenoxy) is 1. The zero-order valence-electron chi connectivity index (χ0n) is 19.6. The molecule has 0 spiro atoms. The molecule has 4 aromatic rings. The van der Waals surface area contributed by atoms with Gasteiger partial charge in [0, 0.05) is 19.3 Å². The van der Waals surface area contributed by atoms with Crippen molar-refractivity contribution in [2.45, 2.75) is 25.5 Å². The summed E-state index contributed by atoms with van der Waals surface area (Å²) in [4.78, 5) is 31.9. The lowest BCUT2D eigenvalue weighted by molar-refractivity contribution is -0.127. The molecule has 36 heavy (non-hydrogen) atoms. The van der Waals surface area contributed by atoms with Crippen molar-refractivity contribution in [2.24, 2.45) is 0 Å². The third-order valence-corrected chi connectivity index (χ3v) is 6.47. The molecule has 2 aromatic carbocycles. The van der Waals surface area contributed by atoms with Crippen molar-refractivity contribution in [1.82, 2.24) is 19.0 Å². The number of rotatable bonds is 6. The normalized spacial score (nSPS) is 15.7. The van der Waals surface area contributed by atoms with Crippen molar-refractivity contribution >= 4 is 22.8 Å². The van der Waals surface area contributed by atoms with E-state index in [0.29, 0.717) is 35.6 Å². The maximum absolute atomic E-state index is 13.8. The molecule has 1 saturated heterocycles. The average molecular weight is 488 g/mol. The van der Waals surface area contributed by atoms with Crippen molar-refractivity contribution in [3.63, 3.8) is 0 Å². The standard InChI is InChI=1S/C27H26FN5O3/c1-2-24(34)31-15-3-4-21(16-31)32-23-13-14-30-26(29)25(23)33(27(32)35)20-9-11-22(12-10-20)36-17-18-5-7-19(28)8-6-18/h2,5-14,21H,1,3-4,15-17H2,(H2,29,30)/t21-/m1/s1. The van der Waals surface area contributed by atoms with E-state index in [9.17, 15) is 14.0 Å². The first kappa shape index (κ1) is 23.3. The minimum atomic E-state index is -0.297. The van der Waals surface area contributed by atoms with Crippen LogP contribution in [0.3, 0.4) is 0 Å². The minimum absolute atomic E-state index is 0.145. The van der Waals surface area contributed by atoms with Gasteiger partial charge in [0.25, 0.3) is 0 Å². The number of carbonyl (C=O) groups is 1. The molecule has 3 heterocycles. The van der Waals surface area contributed by atoms with Crippen molar-refractivity contribution < 1.29 is 13.9 Å². The summed E-state index contributed by atoms with van der Waals surface area (Å²) in [6.07, 6.45) is 4.43. The van der Waals surface area contributed by atoms with E-state index in [4.69, 9.17) is 10.5 Å². The zero-order valence-corrected chi connectivity index (χ0v) is 19.6. The summed E-state index contributed by atoms with van der Waals surface area (Å²) in [5.41, 5.74) is 8.65. The fourth-order valence-electron chi connectivity index (χ4n) is 4.72. The Kier molecular flexibility index (Phi) is 6.28. The molecular formula is C27H26FN5O3. The van der Waals surface area contributed by atoms with E-state index >= 15 is 0 Å². The third kappa shape index (κ3) is 4.35. The second kappa shape index (κ2) is 9.69. The first-order valence-electron chi connectivity index (χ1n) is 11.7. The van der Waals surface area contributed by atoms with Crippen LogP contribution in [0.25, 0.3) is 16.7 Å². The van der Waals surface area contributed by atoms with Gasteiger partial charge < -0.3 is 15.4 Å². The lowest BCUT2D eigenvalue weighted by Gasteiger charge is -2.32. The van der Waals surface area contributed by atoms with E-state index < -0.39 is 0 Å². The highest BCUT2D eigenvalue weighted by Crippen LogP contribution is 2.29. The summed E-state index contributed by atoms with van der Waals surface area (Å²) in [6, 6.07) is 14.8. The zero-order chi connectivity index (χ0) is 25.2. The van der Waals surface area contributed by atoms with Gasteiger partial charge in [-0.3, -0.25) is 13.9 Å². The first-order valence-corrected chi connectivity index (χ1v) is 11.7. The Morgan fingerprint density at radius 3 is 2.64 bits per heavy atom. The van der Waals surface area contributed by atoms with Gasteiger partial charge in [0.1, 0.15) is 29.5 Å². The Labute approximate surface area is 207 Å². The molecule has 184 valence electrons. The van der Waals surface area contributed by atoms with Crippen LogP contribution < -0.4 is 16.2 Å². The van der Waals surface area contributed by atoms with Crippen molar-refractivity contribution in [3.05, 3.63) is 95.3 Å². The number of nitrogens with zero attached hydrogens (tertiary/aromatic N) is 4. The highest BCUT2D eigenvalue weighted by Gasteiger charge is 2.28. The van der Waals surface area contributed by atoms with Crippen LogP contribution in [0, 0.1) is 5.82 Å². The summed E-state index contributed by atoms with van der Waals surface area (Å²) >= 11 is 0. The third-order valence-electron chi connectivity index (χ3n) is 6.47. The molecule has 0 bridgehead atoms. The highest BCUT2D eigenvalue weighted by atomic mass is 19.1. The second-order valence-electron chi connectivity index (χ2n) is 8.75. The molecule has 8 nitrogen and oxygen atoms in total. The summed E-state index contributed by atoms with van der Waals surface area (Å²) in [6.45, 7) is 4.93. The number of hydrogen-bond donors (Lipinski definition) is 1. The summed E-state index contributed by atoms with van der Waals surface area (Å²) < 4.78 is 22.2. The number of aromatic nitrogens is 3. The largest absolute Gasteiger partial charge is 0.489 e. The van der Waals surface area contributed by atoms with Crippen LogP contribution in [0.15, 0.2) is 78.2 Å². The molecule has 0 aliphatic carbocycles. The number of likely N-dealkylation sites (tertiary alicyclic amines) is 1. The predicted octanol–water partition coefficient (Wildman–Crippen LogP) is 3.84. The number of benzene rings is 2. The number of halogens is 1. The molecule has 0 saturated carbocycles. The smallest absolute Gasteiger partial charge is 0.334 e. The molecule has 9 heteroatoms. The molecule has 0 radical (unpaired) electrons. The molecule has 5 rings (SSSR count). The number of pyridine rings is 1. The van der Waals surface area contributed by atoms with Gasteiger partial charge in [0.15, 0.2) is 0 Å². The Morgan fingerprint density at radius 1 is 1.17 bits per heavy atom. The van der Waals surface area contributed by atoms with Crippen LogP contribution in [0.5, 0.6) is 5.75 Å². The van der Waals surface area contributed by atoms with E-state index in [2.05, 4.69) is 11.6 Å². The van der Waals surface area contributed by atoms with Gasteiger partial charge in [-0.05, 0) is 66.9 Å². The van der Waals surface area contributed by atoms with Gasteiger partial charge >= 0.3 is 5.69 Å². The van der Waals surface area contributed by atoms with Crippen molar-refractivity contribution in [1.29, 1.82) is 0 Å². The second-order valence-corrected chi connectivity index (χ2v) is 8.75. The monoisotopic (exact) mass is 487 g/mol. The summed E-state index contributed by atoms with van der Waals surface area (Å²) in [7, 11) is 0. The van der Waals surface area contributed by atoms with Crippen LogP contribution in [-0.2, 0) is 11.4 Å². The number of piperidine rings is 1. The number of imidazole rings is 1. The van der Waals surface area contributed by atoms with Crippen LogP contribution in [0.4, 0.5) is 10.2 Å². The van der Waals surface area contributed by atoms with Crippen LogP contribution in [-0.4, -0.2) is 38.0 Å². The molecule has 1 amide bonds. The molecular weight excluding hydrogens is 461 g/mol. The van der Waals surface area contributed by atoms with Crippen LogP contribution >= 0.6 is 0 Å². The predicted molar refractivity (Wildman–Crippen MR) is 136 cm³/mol. The Hall–Kier alpha value is -4.40. The Bertz CT molecular complexity index is 1470. The molecule has 2 aromatic heterocycles. The molecule has 1 fully saturated rings. The van der Waals surface area contributed by atoms with Crippen molar-refractivity contribution in [3.8, 4) is 11.4 Å². The van der Waals surface area contributed by atoms with Gasteiger partial charge in [-0.1, -0.05) is 18.7 Å². The maximum atomic E-state index is 13.8. The van der Waals surface area contributed by atoms with E-state index in [1.807, 2.05) is 0 Å². The SMILES string of the molecule is C=CC(=O)N1CCC[C@@H](n2c(=O)n(-c3ccc(OCc4ccc(F)cc4)cc3)c3c(N)nccc32)C1. The molecule has 2 N–H and O–H groups in total. The fraction of sp³-hybridized carbons (Fsp3) is 0.222. The van der Waals surface area contributed by atoms with E-state index in [-0.39, 0.29) is 35.9 Å². The van der Waals surface area contributed by atoms with E-state index in [1.165, 1.54) is 18.2 Å². The van der Waals surface area contributed by atoms with Gasteiger partial charge in [0.05, 0.1) is 17.2 Å².